The zero-order valence-corrected chi connectivity index (χ0v) is 19.1. The number of nitro groups is 1. The third-order valence-electron chi connectivity index (χ3n) is 5.00. The maximum atomic E-state index is 12.3. The summed E-state index contributed by atoms with van der Waals surface area (Å²) in [6.45, 7) is -0.404. The average Bonchev–Trinajstić information content (AvgIpc) is 3.30. The number of nitrogens with zero attached hydrogens (tertiary/aromatic N) is 2. The number of nitrogens with one attached hydrogen (secondary N) is 1. The van der Waals surface area contributed by atoms with E-state index < -0.39 is 17.4 Å². The molecule has 0 saturated heterocycles. The molecule has 0 fully saturated rings. The van der Waals surface area contributed by atoms with Crippen LogP contribution in [-0.4, -0.2) is 43.8 Å². The van der Waals surface area contributed by atoms with E-state index in [9.17, 15) is 14.9 Å². The first-order valence-corrected chi connectivity index (χ1v) is 10.3. The number of aromatic nitrogens is 1. The van der Waals surface area contributed by atoms with Gasteiger partial charge in [0.15, 0.2) is 29.4 Å². The van der Waals surface area contributed by atoms with E-state index in [-0.39, 0.29) is 11.4 Å². The lowest BCUT2D eigenvalue weighted by molar-refractivity contribution is -0.385. The molecule has 0 aliphatic carbocycles. The van der Waals surface area contributed by atoms with Gasteiger partial charge >= 0.3 is 5.69 Å². The molecular formula is C24H21N3O8. The summed E-state index contributed by atoms with van der Waals surface area (Å²) in [5.41, 5.74) is 1.86. The second kappa shape index (κ2) is 10.00. The molecule has 0 aliphatic rings. The van der Waals surface area contributed by atoms with Crippen molar-refractivity contribution in [1.29, 1.82) is 0 Å². The van der Waals surface area contributed by atoms with Gasteiger partial charge in [-0.05, 0) is 36.4 Å². The minimum absolute atomic E-state index is 0.00888. The van der Waals surface area contributed by atoms with Crippen LogP contribution in [0.15, 0.2) is 59.0 Å². The van der Waals surface area contributed by atoms with Crippen LogP contribution >= 0.6 is 0 Å². The van der Waals surface area contributed by atoms with Crippen molar-refractivity contribution in [1.82, 2.24) is 4.98 Å². The summed E-state index contributed by atoms with van der Waals surface area (Å²) in [7, 11) is 4.55. The number of methoxy groups -OCH3 is 3. The number of fused-ring (bicyclic) bond motifs is 1. The highest BCUT2D eigenvalue weighted by molar-refractivity contribution is 5.94. The zero-order chi connectivity index (χ0) is 24.9. The molecule has 1 N–H and O–H groups in total. The SMILES string of the molecule is COc1cc(-c2nc3cc(NC(=O)COc4ccccc4[N+](=O)[O-])ccc3o2)cc(OC)c1OC. The number of benzene rings is 3. The van der Waals surface area contributed by atoms with Crippen LogP contribution in [0.2, 0.25) is 0 Å². The van der Waals surface area contributed by atoms with Gasteiger partial charge in [-0.15, -0.1) is 0 Å². The summed E-state index contributed by atoms with van der Waals surface area (Å²) in [5.74, 6) is 1.20. The Morgan fingerprint density at radius 2 is 1.71 bits per heavy atom. The second-order valence-electron chi connectivity index (χ2n) is 7.18. The van der Waals surface area contributed by atoms with Gasteiger partial charge in [-0.3, -0.25) is 14.9 Å². The Hall–Kier alpha value is -4.80. The quantitative estimate of drug-likeness (QED) is 0.273. The Morgan fingerprint density at radius 1 is 1.00 bits per heavy atom. The molecule has 1 amide bonds. The monoisotopic (exact) mass is 479 g/mol. The van der Waals surface area contributed by atoms with Crippen molar-refractivity contribution in [2.75, 3.05) is 33.3 Å². The minimum Gasteiger partial charge on any atom is -0.493 e. The number of amides is 1. The van der Waals surface area contributed by atoms with E-state index in [0.29, 0.717) is 45.5 Å². The molecule has 0 spiro atoms. The fourth-order valence-corrected chi connectivity index (χ4v) is 3.40. The van der Waals surface area contributed by atoms with Crippen molar-refractivity contribution < 1.29 is 33.1 Å². The van der Waals surface area contributed by atoms with Crippen LogP contribution in [0.1, 0.15) is 0 Å². The lowest BCUT2D eigenvalue weighted by atomic mass is 10.2. The Bertz CT molecular complexity index is 1370. The van der Waals surface area contributed by atoms with E-state index >= 15 is 0 Å². The van der Waals surface area contributed by atoms with Crippen molar-refractivity contribution in [3.05, 3.63) is 64.7 Å². The number of rotatable bonds is 9. The van der Waals surface area contributed by atoms with Gasteiger partial charge in [-0.1, -0.05) is 12.1 Å². The van der Waals surface area contributed by atoms with E-state index in [4.69, 9.17) is 23.4 Å². The van der Waals surface area contributed by atoms with Crippen LogP contribution < -0.4 is 24.3 Å². The third-order valence-corrected chi connectivity index (χ3v) is 5.00. The highest BCUT2D eigenvalue weighted by Gasteiger charge is 2.18. The third kappa shape index (κ3) is 4.93. The summed E-state index contributed by atoms with van der Waals surface area (Å²) >= 11 is 0. The average molecular weight is 479 g/mol. The first-order chi connectivity index (χ1) is 16.9. The van der Waals surface area contributed by atoms with E-state index in [1.54, 1.807) is 36.4 Å². The topological polar surface area (TPSA) is 135 Å². The molecule has 180 valence electrons. The van der Waals surface area contributed by atoms with Gasteiger partial charge in [0.1, 0.15) is 5.52 Å². The van der Waals surface area contributed by atoms with Crippen molar-refractivity contribution in [3.63, 3.8) is 0 Å². The standard InChI is InChI=1S/C24H21N3O8/c1-31-20-10-14(11-21(32-2)23(20)33-3)24-26-16-12-15(8-9-18(16)35-24)25-22(28)13-34-19-7-5-4-6-17(19)27(29)30/h4-12H,13H2,1-3H3,(H,25,28). The number of carbonyl (C=O) groups excluding carboxylic acids is 1. The maximum absolute atomic E-state index is 12.3. The molecule has 0 saturated carbocycles. The number of hydrogen-bond donors (Lipinski definition) is 1. The molecule has 3 aromatic carbocycles. The number of para-hydroxylation sites is 2. The van der Waals surface area contributed by atoms with E-state index in [1.165, 1.54) is 39.5 Å². The molecular weight excluding hydrogens is 458 g/mol. The fourth-order valence-electron chi connectivity index (χ4n) is 3.40. The molecule has 11 heteroatoms. The molecule has 0 radical (unpaired) electrons. The Balaban J connectivity index is 1.52. The summed E-state index contributed by atoms with van der Waals surface area (Å²) in [4.78, 5) is 27.4. The van der Waals surface area contributed by atoms with Crippen LogP contribution in [-0.2, 0) is 4.79 Å². The molecule has 1 aromatic heterocycles. The van der Waals surface area contributed by atoms with Gasteiger partial charge in [0.05, 0.1) is 26.3 Å². The van der Waals surface area contributed by atoms with Crippen LogP contribution in [0.4, 0.5) is 11.4 Å². The summed E-state index contributed by atoms with van der Waals surface area (Å²) in [5, 5.41) is 13.8. The minimum atomic E-state index is -0.572. The van der Waals surface area contributed by atoms with E-state index in [2.05, 4.69) is 10.3 Å². The number of ether oxygens (including phenoxy) is 4. The van der Waals surface area contributed by atoms with Gasteiger partial charge in [-0.2, -0.15) is 0 Å². The first-order valence-electron chi connectivity index (χ1n) is 10.3. The second-order valence-corrected chi connectivity index (χ2v) is 7.18. The van der Waals surface area contributed by atoms with Gasteiger partial charge in [0.25, 0.3) is 5.91 Å². The molecule has 0 atom stereocenters. The summed E-state index contributed by atoms with van der Waals surface area (Å²) in [6.07, 6.45) is 0. The van der Waals surface area contributed by atoms with E-state index in [1.807, 2.05) is 0 Å². The normalized spacial score (nSPS) is 10.6. The summed E-state index contributed by atoms with van der Waals surface area (Å²) < 4.78 is 27.3. The molecule has 0 bridgehead atoms. The Kier molecular flexibility index (Phi) is 6.67. The smallest absolute Gasteiger partial charge is 0.310 e. The maximum Gasteiger partial charge on any atom is 0.310 e. The molecule has 35 heavy (non-hydrogen) atoms. The molecule has 11 nitrogen and oxygen atoms in total. The predicted octanol–water partition coefficient (Wildman–Crippen LogP) is 4.45. The van der Waals surface area contributed by atoms with E-state index in [0.717, 1.165) is 0 Å². The largest absolute Gasteiger partial charge is 0.493 e. The number of hydrogen-bond acceptors (Lipinski definition) is 9. The Morgan fingerprint density at radius 3 is 2.37 bits per heavy atom. The predicted molar refractivity (Wildman–Crippen MR) is 126 cm³/mol. The number of carbonyl (C=O) groups is 1. The molecule has 0 unspecified atom stereocenters. The van der Waals surface area contributed by atoms with Gasteiger partial charge in [0, 0.05) is 17.3 Å². The van der Waals surface area contributed by atoms with Crippen molar-refractivity contribution in [2.24, 2.45) is 0 Å². The lowest BCUT2D eigenvalue weighted by Gasteiger charge is -2.12. The summed E-state index contributed by atoms with van der Waals surface area (Å²) in [6, 6.07) is 14.2. The van der Waals surface area contributed by atoms with Crippen molar-refractivity contribution in [2.45, 2.75) is 0 Å². The number of anilines is 1. The highest BCUT2D eigenvalue weighted by Crippen LogP contribution is 2.41. The van der Waals surface area contributed by atoms with Gasteiger partial charge in [0.2, 0.25) is 11.6 Å². The fraction of sp³-hybridized carbons (Fsp3) is 0.167. The van der Waals surface area contributed by atoms with Crippen LogP contribution in [0.25, 0.3) is 22.6 Å². The lowest BCUT2D eigenvalue weighted by Crippen LogP contribution is -2.20. The number of nitro benzene ring substituents is 1. The van der Waals surface area contributed by atoms with Crippen LogP contribution in [0, 0.1) is 10.1 Å². The van der Waals surface area contributed by atoms with Crippen molar-refractivity contribution in [3.8, 4) is 34.5 Å². The van der Waals surface area contributed by atoms with Gasteiger partial charge in [-0.25, -0.2) is 4.98 Å². The van der Waals surface area contributed by atoms with Crippen LogP contribution in [0.3, 0.4) is 0 Å². The van der Waals surface area contributed by atoms with Crippen LogP contribution in [0.5, 0.6) is 23.0 Å². The molecule has 0 aliphatic heterocycles. The number of oxazole rings is 1. The Labute approximate surface area is 199 Å². The zero-order valence-electron chi connectivity index (χ0n) is 19.1. The van der Waals surface area contributed by atoms with Gasteiger partial charge < -0.3 is 28.7 Å². The first kappa shape index (κ1) is 23.4. The van der Waals surface area contributed by atoms with Crippen molar-refractivity contribution >= 4 is 28.4 Å². The molecule has 4 aromatic rings. The molecule has 4 rings (SSSR count). The molecule has 1 heterocycles. The highest BCUT2D eigenvalue weighted by atomic mass is 16.6.